The maximum Gasteiger partial charge on any atom is 0.138 e. The summed E-state index contributed by atoms with van der Waals surface area (Å²) in [6.45, 7) is 2.36. The molecule has 1 aromatic carbocycles. The van der Waals surface area contributed by atoms with E-state index in [9.17, 15) is 0 Å². The molecule has 0 spiro atoms. The summed E-state index contributed by atoms with van der Waals surface area (Å²) in [4.78, 5) is 4.63. The van der Waals surface area contributed by atoms with E-state index in [1.807, 2.05) is 12.3 Å². The van der Waals surface area contributed by atoms with Crippen LogP contribution in [-0.4, -0.2) is 9.97 Å². The van der Waals surface area contributed by atoms with Crippen molar-refractivity contribution in [2.75, 3.05) is 0 Å². The molecular formula is C12H11ClN2OS2. The van der Waals surface area contributed by atoms with E-state index in [4.69, 9.17) is 34.3 Å². The summed E-state index contributed by atoms with van der Waals surface area (Å²) in [5.41, 5.74) is 7.15. The van der Waals surface area contributed by atoms with Crippen molar-refractivity contribution in [1.29, 1.82) is 0 Å². The van der Waals surface area contributed by atoms with E-state index < -0.39 is 0 Å². The fraction of sp³-hybridized carbons (Fsp3) is 0.167. The van der Waals surface area contributed by atoms with Crippen LogP contribution in [0.1, 0.15) is 16.3 Å². The predicted octanol–water partition coefficient (Wildman–Crippen LogP) is 3.32. The summed E-state index contributed by atoms with van der Waals surface area (Å²) in [5, 5.41) is 3.47. The summed E-state index contributed by atoms with van der Waals surface area (Å²) >= 11 is 12.6. The van der Waals surface area contributed by atoms with Crippen LogP contribution in [-0.2, 0) is 6.61 Å². The third kappa shape index (κ3) is 3.19. The molecule has 0 saturated heterocycles. The van der Waals surface area contributed by atoms with E-state index in [-0.39, 0.29) is 0 Å². The van der Waals surface area contributed by atoms with Crippen molar-refractivity contribution in [3.63, 3.8) is 0 Å². The van der Waals surface area contributed by atoms with Crippen LogP contribution in [0.25, 0.3) is 0 Å². The van der Waals surface area contributed by atoms with Crippen molar-refractivity contribution in [2.45, 2.75) is 13.5 Å². The highest BCUT2D eigenvalue weighted by molar-refractivity contribution is 7.80. The van der Waals surface area contributed by atoms with Gasteiger partial charge in [-0.1, -0.05) is 23.8 Å². The van der Waals surface area contributed by atoms with Crippen LogP contribution in [0.2, 0.25) is 5.02 Å². The van der Waals surface area contributed by atoms with Gasteiger partial charge in [0.2, 0.25) is 0 Å². The van der Waals surface area contributed by atoms with Gasteiger partial charge in [0.25, 0.3) is 0 Å². The largest absolute Gasteiger partial charge is 0.486 e. The molecule has 0 aliphatic carbocycles. The molecular weight excluding hydrogens is 288 g/mol. The second-order valence-corrected chi connectivity index (χ2v) is 5.57. The van der Waals surface area contributed by atoms with E-state index in [2.05, 4.69) is 4.98 Å². The van der Waals surface area contributed by atoms with E-state index >= 15 is 0 Å². The molecule has 0 aliphatic rings. The Morgan fingerprint density at radius 3 is 2.89 bits per heavy atom. The van der Waals surface area contributed by atoms with Crippen LogP contribution >= 0.6 is 35.2 Å². The van der Waals surface area contributed by atoms with Crippen LogP contribution in [0.4, 0.5) is 0 Å². The molecule has 0 unspecified atom stereocenters. The number of hydrogen-bond donors (Lipinski definition) is 1. The third-order valence-corrected chi connectivity index (χ3v) is 3.61. The highest BCUT2D eigenvalue weighted by Gasteiger charge is 2.06. The fourth-order valence-electron chi connectivity index (χ4n) is 1.40. The first kappa shape index (κ1) is 13.3. The van der Waals surface area contributed by atoms with Crippen LogP contribution in [0.15, 0.2) is 23.6 Å². The Kier molecular flexibility index (Phi) is 4.16. The summed E-state index contributed by atoms with van der Waals surface area (Å²) in [6.07, 6.45) is 0. The molecule has 1 aromatic heterocycles. The van der Waals surface area contributed by atoms with Crippen molar-refractivity contribution < 1.29 is 4.74 Å². The third-order valence-electron chi connectivity index (χ3n) is 2.26. The van der Waals surface area contributed by atoms with Crippen molar-refractivity contribution in [3.05, 3.63) is 44.9 Å². The molecule has 94 valence electrons. The molecule has 18 heavy (non-hydrogen) atoms. The van der Waals surface area contributed by atoms with Gasteiger partial charge in [-0.15, -0.1) is 11.3 Å². The Bertz CT molecular complexity index is 583. The molecule has 0 amide bonds. The maximum atomic E-state index is 6.09. The second kappa shape index (κ2) is 5.65. The number of halogens is 1. The van der Waals surface area contributed by atoms with Crippen LogP contribution in [0.5, 0.6) is 5.75 Å². The van der Waals surface area contributed by atoms with Gasteiger partial charge < -0.3 is 10.5 Å². The average molecular weight is 299 g/mol. The number of aromatic nitrogens is 1. The highest BCUT2D eigenvalue weighted by atomic mass is 35.5. The Hall–Kier alpha value is -1.17. The molecule has 0 aliphatic heterocycles. The number of ether oxygens (including phenoxy) is 1. The second-order valence-electron chi connectivity index (χ2n) is 3.66. The number of nitrogens with two attached hydrogens (primary N) is 1. The first-order chi connectivity index (χ1) is 8.56. The van der Waals surface area contributed by atoms with Crippen LogP contribution in [0.3, 0.4) is 0 Å². The van der Waals surface area contributed by atoms with Gasteiger partial charge in [-0.05, 0) is 25.1 Å². The van der Waals surface area contributed by atoms with Gasteiger partial charge in [-0.2, -0.15) is 0 Å². The van der Waals surface area contributed by atoms with Crippen molar-refractivity contribution >= 4 is 40.1 Å². The smallest absolute Gasteiger partial charge is 0.138 e. The summed E-state index contributed by atoms with van der Waals surface area (Å²) < 4.78 is 5.60. The molecule has 2 N–H and O–H groups in total. The van der Waals surface area contributed by atoms with E-state index in [0.717, 1.165) is 16.3 Å². The van der Waals surface area contributed by atoms with Crippen molar-refractivity contribution in [3.8, 4) is 5.75 Å². The fourth-order valence-corrected chi connectivity index (χ4v) is 2.36. The Morgan fingerprint density at radius 2 is 2.33 bits per heavy atom. The van der Waals surface area contributed by atoms with Gasteiger partial charge in [0.05, 0.1) is 15.7 Å². The molecule has 0 fully saturated rings. The van der Waals surface area contributed by atoms with Gasteiger partial charge in [0.1, 0.15) is 17.3 Å². The van der Waals surface area contributed by atoms with Gasteiger partial charge in [-0.3, -0.25) is 0 Å². The summed E-state index contributed by atoms with van der Waals surface area (Å²) in [7, 11) is 0. The molecule has 0 atom stereocenters. The van der Waals surface area contributed by atoms with Gasteiger partial charge in [0.15, 0.2) is 0 Å². The minimum absolute atomic E-state index is 0.318. The minimum Gasteiger partial charge on any atom is -0.486 e. The first-order valence-electron chi connectivity index (χ1n) is 5.19. The SMILES string of the molecule is Cc1nc(COc2ccc(C(N)=S)cc2Cl)cs1. The van der Waals surface area contributed by atoms with Gasteiger partial charge >= 0.3 is 0 Å². The van der Waals surface area contributed by atoms with Gasteiger partial charge in [-0.25, -0.2) is 4.98 Å². The van der Waals surface area contributed by atoms with Crippen molar-refractivity contribution in [1.82, 2.24) is 4.98 Å². The quantitative estimate of drug-likeness (QED) is 0.880. The highest BCUT2D eigenvalue weighted by Crippen LogP contribution is 2.26. The number of thiazole rings is 1. The molecule has 1 heterocycles. The Labute approximate surface area is 120 Å². The molecule has 2 aromatic rings. The lowest BCUT2D eigenvalue weighted by atomic mass is 10.2. The molecule has 0 radical (unpaired) electrons. The number of rotatable bonds is 4. The van der Waals surface area contributed by atoms with E-state index in [1.165, 1.54) is 0 Å². The maximum absolute atomic E-state index is 6.09. The molecule has 3 nitrogen and oxygen atoms in total. The monoisotopic (exact) mass is 298 g/mol. The predicted molar refractivity (Wildman–Crippen MR) is 78.5 cm³/mol. The number of thiocarbonyl (C=S) groups is 1. The van der Waals surface area contributed by atoms with E-state index in [0.29, 0.717) is 22.4 Å². The lowest BCUT2D eigenvalue weighted by Gasteiger charge is -2.07. The molecule has 2 rings (SSSR count). The number of aryl methyl sites for hydroxylation is 1. The molecule has 0 saturated carbocycles. The van der Waals surface area contributed by atoms with Crippen LogP contribution in [0, 0.1) is 6.92 Å². The van der Waals surface area contributed by atoms with Gasteiger partial charge in [0, 0.05) is 10.9 Å². The number of hydrogen-bond acceptors (Lipinski definition) is 4. The standard InChI is InChI=1S/C12H11ClN2OS2/c1-7-15-9(6-18-7)5-16-11-3-2-8(12(14)17)4-10(11)13/h2-4,6H,5H2,1H3,(H2,14,17). The average Bonchev–Trinajstić information content (AvgIpc) is 2.73. The Balaban J connectivity index is 2.08. The topological polar surface area (TPSA) is 48.1 Å². The minimum atomic E-state index is 0.318. The first-order valence-corrected chi connectivity index (χ1v) is 6.86. The number of benzene rings is 1. The lowest BCUT2D eigenvalue weighted by molar-refractivity contribution is 0.302. The Morgan fingerprint density at radius 1 is 1.56 bits per heavy atom. The number of nitrogens with zero attached hydrogens (tertiary/aromatic N) is 1. The molecule has 6 heteroatoms. The van der Waals surface area contributed by atoms with Crippen molar-refractivity contribution in [2.24, 2.45) is 5.73 Å². The zero-order valence-electron chi connectivity index (χ0n) is 9.64. The normalized spacial score (nSPS) is 10.3. The lowest BCUT2D eigenvalue weighted by Crippen LogP contribution is -2.09. The molecule has 0 bridgehead atoms. The summed E-state index contributed by atoms with van der Waals surface area (Å²) in [5.74, 6) is 0.599. The zero-order valence-corrected chi connectivity index (χ0v) is 12.0. The van der Waals surface area contributed by atoms with Crippen LogP contribution < -0.4 is 10.5 Å². The zero-order chi connectivity index (χ0) is 13.1. The van der Waals surface area contributed by atoms with E-state index in [1.54, 1.807) is 29.5 Å². The summed E-state index contributed by atoms with van der Waals surface area (Å²) in [6, 6.07) is 5.25.